The number of carbonyl (C=O) groups excluding carboxylic acids is 2. The van der Waals surface area contributed by atoms with Crippen molar-refractivity contribution in [2.45, 2.75) is 18.2 Å². The van der Waals surface area contributed by atoms with Crippen LogP contribution in [0, 0.1) is 0 Å². The second-order valence-electron chi connectivity index (χ2n) is 5.26. The SMILES string of the molecule is C=C(C)C(=O)N1CCCN1C(=O)c1ccccc1S(C)(=O)=O. The molecule has 1 aromatic rings. The fraction of sp³-hybridized carbons (Fsp3) is 0.333. The van der Waals surface area contributed by atoms with Gasteiger partial charge in [0.25, 0.3) is 11.8 Å². The number of benzene rings is 1. The molecule has 22 heavy (non-hydrogen) atoms. The Morgan fingerprint density at radius 1 is 1.14 bits per heavy atom. The summed E-state index contributed by atoms with van der Waals surface area (Å²) in [5.74, 6) is -0.823. The Balaban J connectivity index is 2.41. The monoisotopic (exact) mass is 322 g/mol. The van der Waals surface area contributed by atoms with Gasteiger partial charge >= 0.3 is 0 Å². The van der Waals surface area contributed by atoms with E-state index in [4.69, 9.17) is 0 Å². The van der Waals surface area contributed by atoms with Gasteiger partial charge in [-0.15, -0.1) is 0 Å². The van der Waals surface area contributed by atoms with E-state index in [9.17, 15) is 18.0 Å². The van der Waals surface area contributed by atoms with Crippen LogP contribution in [-0.2, 0) is 14.6 Å². The van der Waals surface area contributed by atoms with E-state index in [0.29, 0.717) is 25.1 Å². The molecule has 1 aliphatic heterocycles. The number of rotatable bonds is 3. The van der Waals surface area contributed by atoms with Gasteiger partial charge in [-0.05, 0) is 25.5 Å². The van der Waals surface area contributed by atoms with Gasteiger partial charge in [0.1, 0.15) is 0 Å². The van der Waals surface area contributed by atoms with Crippen molar-refractivity contribution in [1.82, 2.24) is 10.0 Å². The normalized spacial score (nSPS) is 15.0. The number of sulfone groups is 1. The predicted molar refractivity (Wildman–Crippen MR) is 81.7 cm³/mol. The van der Waals surface area contributed by atoms with Gasteiger partial charge in [0.15, 0.2) is 9.84 Å². The molecule has 0 atom stereocenters. The van der Waals surface area contributed by atoms with Gasteiger partial charge in [-0.2, -0.15) is 0 Å². The van der Waals surface area contributed by atoms with Crippen molar-refractivity contribution in [3.8, 4) is 0 Å². The minimum absolute atomic E-state index is 0.0328. The number of nitrogens with zero attached hydrogens (tertiary/aromatic N) is 2. The fourth-order valence-electron chi connectivity index (χ4n) is 2.36. The van der Waals surface area contributed by atoms with Crippen molar-refractivity contribution < 1.29 is 18.0 Å². The Labute approximate surface area is 129 Å². The summed E-state index contributed by atoms with van der Waals surface area (Å²) in [7, 11) is -3.53. The molecule has 0 spiro atoms. The second kappa shape index (κ2) is 5.92. The molecule has 1 saturated heterocycles. The molecule has 0 unspecified atom stereocenters. The van der Waals surface area contributed by atoms with E-state index < -0.39 is 15.7 Å². The van der Waals surface area contributed by atoms with Gasteiger partial charge in [0.05, 0.1) is 10.5 Å². The van der Waals surface area contributed by atoms with Crippen LogP contribution in [0.2, 0.25) is 0 Å². The number of hydrogen-bond acceptors (Lipinski definition) is 4. The van der Waals surface area contributed by atoms with E-state index >= 15 is 0 Å². The predicted octanol–water partition coefficient (Wildman–Crippen LogP) is 1.26. The van der Waals surface area contributed by atoms with Crippen molar-refractivity contribution in [1.29, 1.82) is 0 Å². The molecule has 0 aliphatic carbocycles. The molecule has 0 bridgehead atoms. The topological polar surface area (TPSA) is 74.8 Å². The van der Waals surface area contributed by atoms with Gasteiger partial charge in [0, 0.05) is 24.9 Å². The molecule has 2 rings (SSSR count). The van der Waals surface area contributed by atoms with Crippen LogP contribution in [-0.4, -0.2) is 49.6 Å². The van der Waals surface area contributed by atoms with Crippen molar-refractivity contribution in [3.05, 3.63) is 42.0 Å². The molecule has 1 aromatic carbocycles. The fourth-order valence-corrected chi connectivity index (χ4v) is 3.24. The van der Waals surface area contributed by atoms with E-state index in [-0.39, 0.29) is 16.4 Å². The first-order valence-corrected chi connectivity index (χ1v) is 8.71. The molecule has 118 valence electrons. The van der Waals surface area contributed by atoms with E-state index in [1.54, 1.807) is 19.1 Å². The first-order chi connectivity index (χ1) is 10.2. The molecule has 1 heterocycles. The molecular formula is C15H18N2O4S. The van der Waals surface area contributed by atoms with Crippen LogP contribution in [0.5, 0.6) is 0 Å². The standard InChI is InChI=1S/C15H18N2O4S/c1-11(2)14(18)16-9-6-10-17(16)15(19)12-7-4-5-8-13(12)22(3,20)21/h4-5,7-8H,1,6,9-10H2,2-3H3. The molecule has 1 fully saturated rings. The molecule has 0 saturated carbocycles. The number of hydrazine groups is 1. The quantitative estimate of drug-likeness (QED) is 0.785. The highest BCUT2D eigenvalue weighted by Crippen LogP contribution is 2.21. The third-order valence-electron chi connectivity index (χ3n) is 3.38. The van der Waals surface area contributed by atoms with E-state index in [1.807, 2.05) is 0 Å². The lowest BCUT2D eigenvalue weighted by molar-refractivity contribution is -0.136. The van der Waals surface area contributed by atoms with Gasteiger partial charge in [-0.25, -0.2) is 18.4 Å². The summed E-state index contributed by atoms with van der Waals surface area (Å²) in [5, 5.41) is 2.62. The zero-order chi connectivity index (χ0) is 16.5. The Hall–Kier alpha value is -2.15. The van der Waals surface area contributed by atoms with Crippen molar-refractivity contribution in [2.24, 2.45) is 0 Å². The highest BCUT2D eigenvalue weighted by molar-refractivity contribution is 7.90. The van der Waals surface area contributed by atoms with Crippen molar-refractivity contribution in [2.75, 3.05) is 19.3 Å². The highest BCUT2D eigenvalue weighted by Gasteiger charge is 2.33. The Morgan fingerprint density at radius 2 is 1.73 bits per heavy atom. The maximum absolute atomic E-state index is 12.7. The second-order valence-corrected chi connectivity index (χ2v) is 7.24. The van der Waals surface area contributed by atoms with E-state index in [0.717, 1.165) is 6.26 Å². The van der Waals surface area contributed by atoms with Gasteiger partial charge in [0.2, 0.25) is 0 Å². The molecule has 6 nitrogen and oxygen atoms in total. The van der Waals surface area contributed by atoms with Crippen LogP contribution in [0.3, 0.4) is 0 Å². The highest BCUT2D eigenvalue weighted by atomic mass is 32.2. The zero-order valence-corrected chi connectivity index (χ0v) is 13.4. The van der Waals surface area contributed by atoms with Crippen molar-refractivity contribution in [3.63, 3.8) is 0 Å². The summed E-state index contributed by atoms with van der Waals surface area (Å²) < 4.78 is 23.7. The van der Waals surface area contributed by atoms with Gasteiger partial charge in [-0.1, -0.05) is 18.7 Å². The van der Waals surface area contributed by atoms with Crippen LogP contribution >= 0.6 is 0 Å². The summed E-state index contributed by atoms with van der Waals surface area (Å²) in [6, 6.07) is 6.01. The third-order valence-corrected chi connectivity index (χ3v) is 4.54. The van der Waals surface area contributed by atoms with E-state index in [1.165, 1.54) is 22.2 Å². The summed E-state index contributed by atoms with van der Waals surface area (Å²) in [6.07, 6.45) is 1.70. The van der Waals surface area contributed by atoms with Crippen LogP contribution < -0.4 is 0 Å². The molecule has 0 radical (unpaired) electrons. The third kappa shape index (κ3) is 3.04. The first kappa shape index (κ1) is 16.2. The minimum Gasteiger partial charge on any atom is -0.268 e. The Bertz CT molecular complexity index is 740. The summed E-state index contributed by atoms with van der Waals surface area (Å²) in [5.41, 5.74) is 0.405. The minimum atomic E-state index is -3.53. The smallest absolute Gasteiger partial charge is 0.268 e. The molecule has 2 amide bonds. The Kier molecular flexibility index (Phi) is 4.37. The van der Waals surface area contributed by atoms with Gasteiger partial charge in [-0.3, -0.25) is 9.59 Å². The summed E-state index contributed by atoms with van der Waals surface area (Å²) in [4.78, 5) is 24.7. The maximum Gasteiger partial charge on any atom is 0.273 e. The van der Waals surface area contributed by atoms with E-state index in [2.05, 4.69) is 6.58 Å². The first-order valence-electron chi connectivity index (χ1n) is 6.81. The number of carbonyl (C=O) groups is 2. The maximum atomic E-state index is 12.7. The van der Waals surface area contributed by atoms with Gasteiger partial charge < -0.3 is 0 Å². The summed E-state index contributed by atoms with van der Waals surface area (Å²) in [6.45, 7) is 5.96. The number of hydrogen-bond donors (Lipinski definition) is 0. The molecule has 7 heteroatoms. The van der Waals surface area contributed by atoms with Crippen molar-refractivity contribution >= 4 is 21.7 Å². The lowest BCUT2D eigenvalue weighted by Gasteiger charge is -2.28. The average molecular weight is 322 g/mol. The van der Waals surface area contributed by atoms with Crippen LogP contribution in [0.25, 0.3) is 0 Å². The largest absolute Gasteiger partial charge is 0.273 e. The van der Waals surface area contributed by atoms with Crippen LogP contribution in [0.15, 0.2) is 41.3 Å². The lowest BCUT2D eigenvalue weighted by atomic mass is 10.2. The average Bonchev–Trinajstić information content (AvgIpc) is 2.93. The molecule has 1 aliphatic rings. The van der Waals surface area contributed by atoms with Crippen LogP contribution in [0.1, 0.15) is 23.7 Å². The number of amides is 2. The molecular weight excluding hydrogens is 304 g/mol. The molecule has 0 aromatic heterocycles. The summed E-state index contributed by atoms with van der Waals surface area (Å²) >= 11 is 0. The lowest BCUT2D eigenvalue weighted by Crippen LogP contribution is -2.45. The zero-order valence-electron chi connectivity index (χ0n) is 12.6. The van der Waals surface area contributed by atoms with Crippen LogP contribution in [0.4, 0.5) is 0 Å². The Morgan fingerprint density at radius 3 is 2.32 bits per heavy atom. The molecule has 0 N–H and O–H groups in total.